The molecule has 0 saturated carbocycles. The zero-order chi connectivity index (χ0) is 17.9. The highest BCUT2D eigenvalue weighted by atomic mass is 32.1. The molecule has 130 valence electrons. The van der Waals surface area contributed by atoms with E-state index in [1.54, 1.807) is 11.4 Å². The van der Waals surface area contributed by atoms with Crippen molar-refractivity contribution in [1.82, 2.24) is 10.3 Å². The topological polar surface area (TPSA) is 97.4 Å². The minimum atomic E-state index is -0.452. The van der Waals surface area contributed by atoms with Gasteiger partial charge in [-0.25, -0.2) is 4.98 Å². The number of furan rings is 2. The second-order valence-corrected chi connectivity index (χ2v) is 6.25. The third-order valence-electron chi connectivity index (χ3n) is 3.58. The van der Waals surface area contributed by atoms with Crippen molar-refractivity contribution < 1.29 is 18.4 Å². The van der Waals surface area contributed by atoms with Crippen LogP contribution in [0.2, 0.25) is 0 Å². The number of aromatic nitrogens is 1. The molecule has 0 aliphatic rings. The van der Waals surface area contributed by atoms with Crippen molar-refractivity contribution in [1.29, 1.82) is 0 Å². The largest absolute Gasteiger partial charge is 0.459 e. The number of nitrogens with zero attached hydrogens (tertiary/aromatic N) is 1. The van der Waals surface area contributed by atoms with Gasteiger partial charge in [0.15, 0.2) is 16.7 Å². The molecule has 26 heavy (non-hydrogen) atoms. The minimum absolute atomic E-state index is 0.152. The van der Waals surface area contributed by atoms with Crippen molar-refractivity contribution in [2.24, 2.45) is 0 Å². The summed E-state index contributed by atoms with van der Waals surface area (Å²) in [5, 5.41) is 8.34. The van der Waals surface area contributed by atoms with Crippen LogP contribution in [-0.4, -0.2) is 23.3 Å². The van der Waals surface area contributed by atoms with E-state index in [1.807, 2.05) is 30.3 Å². The maximum absolute atomic E-state index is 12.0. The van der Waals surface area contributed by atoms with Crippen LogP contribution in [0.3, 0.4) is 0 Å². The number of fused-ring (bicyclic) bond motifs is 1. The molecule has 1 aromatic carbocycles. The van der Waals surface area contributed by atoms with Crippen LogP contribution in [-0.2, 0) is 4.79 Å². The van der Waals surface area contributed by atoms with Gasteiger partial charge in [0.2, 0.25) is 5.91 Å². The molecular weight excluding hydrogens is 354 g/mol. The Morgan fingerprint density at radius 3 is 2.85 bits per heavy atom. The summed E-state index contributed by atoms with van der Waals surface area (Å²) in [5.41, 5.74) is 1.42. The Bertz CT molecular complexity index is 1030. The summed E-state index contributed by atoms with van der Waals surface area (Å²) < 4.78 is 10.7. The molecule has 8 heteroatoms. The summed E-state index contributed by atoms with van der Waals surface area (Å²) in [6, 6.07) is 12.7. The average molecular weight is 367 g/mol. The van der Waals surface area contributed by atoms with E-state index in [1.165, 1.54) is 23.7 Å². The number of carbonyl (C=O) groups excluding carboxylic acids is 2. The molecule has 0 radical (unpaired) electrons. The first-order valence-corrected chi connectivity index (χ1v) is 8.63. The lowest BCUT2D eigenvalue weighted by molar-refractivity contribution is -0.115. The second-order valence-electron chi connectivity index (χ2n) is 5.39. The third kappa shape index (κ3) is 3.35. The van der Waals surface area contributed by atoms with E-state index >= 15 is 0 Å². The number of carbonyl (C=O) groups is 2. The van der Waals surface area contributed by atoms with Crippen LogP contribution < -0.4 is 10.6 Å². The van der Waals surface area contributed by atoms with Crippen molar-refractivity contribution in [3.63, 3.8) is 0 Å². The molecule has 7 nitrogen and oxygen atoms in total. The van der Waals surface area contributed by atoms with Gasteiger partial charge in [-0.2, -0.15) is 0 Å². The minimum Gasteiger partial charge on any atom is -0.459 e. The predicted molar refractivity (Wildman–Crippen MR) is 97.0 cm³/mol. The van der Waals surface area contributed by atoms with Crippen LogP contribution in [0.15, 0.2) is 62.9 Å². The standard InChI is InChI=1S/C18H13N3O4S/c22-16(9-19-17(23)14-6-3-7-24-14)21-18-20-12(10-26-18)15-8-11-4-1-2-5-13(11)25-15/h1-8,10H,9H2,(H,19,23)(H,20,21,22). The molecule has 0 atom stereocenters. The quantitative estimate of drug-likeness (QED) is 0.562. The van der Waals surface area contributed by atoms with Crippen LogP contribution in [0.4, 0.5) is 5.13 Å². The van der Waals surface area contributed by atoms with Gasteiger partial charge in [0.25, 0.3) is 5.91 Å². The van der Waals surface area contributed by atoms with Crippen molar-refractivity contribution in [2.45, 2.75) is 0 Å². The maximum atomic E-state index is 12.0. The summed E-state index contributed by atoms with van der Waals surface area (Å²) in [5.74, 6) is -0.0454. The number of nitrogens with one attached hydrogen (secondary N) is 2. The Kier molecular flexibility index (Phi) is 4.24. The fourth-order valence-corrected chi connectivity index (χ4v) is 3.09. The Morgan fingerprint density at radius 2 is 2.04 bits per heavy atom. The van der Waals surface area contributed by atoms with Gasteiger partial charge in [-0.3, -0.25) is 9.59 Å². The molecule has 4 rings (SSSR count). The van der Waals surface area contributed by atoms with Crippen LogP contribution in [0, 0.1) is 0 Å². The highest BCUT2D eigenvalue weighted by molar-refractivity contribution is 7.14. The van der Waals surface area contributed by atoms with Crippen LogP contribution >= 0.6 is 11.3 Å². The van der Waals surface area contributed by atoms with E-state index < -0.39 is 5.91 Å². The highest BCUT2D eigenvalue weighted by Crippen LogP contribution is 2.30. The molecule has 3 aromatic heterocycles. The molecule has 0 spiro atoms. The number of benzene rings is 1. The number of amides is 2. The molecule has 0 aliphatic carbocycles. The van der Waals surface area contributed by atoms with E-state index in [0.29, 0.717) is 16.6 Å². The number of para-hydroxylation sites is 1. The van der Waals surface area contributed by atoms with Gasteiger partial charge in [-0.15, -0.1) is 11.3 Å². The number of hydrogen-bond donors (Lipinski definition) is 2. The van der Waals surface area contributed by atoms with Crippen LogP contribution in [0.1, 0.15) is 10.6 Å². The molecule has 0 saturated heterocycles. The van der Waals surface area contributed by atoms with E-state index in [0.717, 1.165) is 11.0 Å². The van der Waals surface area contributed by atoms with Gasteiger partial charge >= 0.3 is 0 Å². The van der Waals surface area contributed by atoms with Crippen molar-refractivity contribution in [3.8, 4) is 11.5 Å². The van der Waals surface area contributed by atoms with Gasteiger partial charge in [0, 0.05) is 10.8 Å². The number of thiazole rings is 1. The molecule has 0 unspecified atom stereocenters. The molecule has 0 aliphatic heterocycles. The normalized spacial score (nSPS) is 10.8. The van der Waals surface area contributed by atoms with E-state index in [2.05, 4.69) is 15.6 Å². The van der Waals surface area contributed by atoms with Crippen molar-refractivity contribution >= 4 is 39.3 Å². The molecule has 4 aromatic rings. The lowest BCUT2D eigenvalue weighted by atomic mass is 10.2. The van der Waals surface area contributed by atoms with Crippen molar-refractivity contribution in [2.75, 3.05) is 11.9 Å². The fraction of sp³-hybridized carbons (Fsp3) is 0.0556. The average Bonchev–Trinajstić information content (AvgIpc) is 3.38. The van der Waals surface area contributed by atoms with Gasteiger partial charge in [0.05, 0.1) is 12.8 Å². The molecule has 3 heterocycles. The summed E-state index contributed by atoms with van der Waals surface area (Å²) in [6.45, 7) is -0.181. The first-order chi connectivity index (χ1) is 12.7. The second kappa shape index (κ2) is 6.85. The number of anilines is 1. The Morgan fingerprint density at radius 1 is 1.15 bits per heavy atom. The van der Waals surface area contributed by atoms with Gasteiger partial charge in [-0.05, 0) is 24.3 Å². The van der Waals surface area contributed by atoms with Gasteiger partial charge < -0.3 is 19.5 Å². The number of rotatable bonds is 5. The Balaban J connectivity index is 1.38. The molecule has 2 N–H and O–H groups in total. The molecule has 0 fully saturated rings. The molecule has 2 amide bonds. The SMILES string of the molecule is O=C(CNC(=O)c1ccco1)Nc1nc(-c2cc3ccccc3o2)cs1. The van der Waals surface area contributed by atoms with Gasteiger partial charge in [-0.1, -0.05) is 18.2 Å². The third-order valence-corrected chi connectivity index (χ3v) is 4.34. The number of hydrogen-bond acceptors (Lipinski definition) is 6. The Hall–Kier alpha value is -3.39. The lowest BCUT2D eigenvalue weighted by Crippen LogP contribution is -2.32. The lowest BCUT2D eigenvalue weighted by Gasteiger charge is -2.03. The summed E-state index contributed by atoms with van der Waals surface area (Å²) in [6.07, 6.45) is 1.39. The highest BCUT2D eigenvalue weighted by Gasteiger charge is 2.13. The van der Waals surface area contributed by atoms with Crippen molar-refractivity contribution in [3.05, 3.63) is 59.9 Å². The van der Waals surface area contributed by atoms with Crippen LogP contribution in [0.5, 0.6) is 0 Å². The molecule has 0 bridgehead atoms. The van der Waals surface area contributed by atoms with E-state index in [9.17, 15) is 9.59 Å². The summed E-state index contributed by atoms with van der Waals surface area (Å²) >= 11 is 1.28. The zero-order valence-electron chi connectivity index (χ0n) is 13.4. The van der Waals surface area contributed by atoms with E-state index in [4.69, 9.17) is 8.83 Å². The predicted octanol–water partition coefficient (Wildman–Crippen LogP) is 3.52. The maximum Gasteiger partial charge on any atom is 0.287 e. The summed E-state index contributed by atoms with van der Waals surface area (Å²) in [7, 11) is 0. The summed E-state index contributed by atoms with van der Waals surface area (Å²) in [4.78, 5) is 28.0. The Labute approximate surface area is 151 Å². The molecular formula is C18H13N3O4S. The van der Waals surface area contributed by atoms with E-state index in [-0.39, 0.29) is 18.2 Å². The monoisotopic (exact) mass is 367 g/mol. The zero-order valence-corrected chi connectivity index (χ0v) is 14.2. The first kappa shape index (κ1) is 16.1. The van der Waals surface area contributed by atoms with Gasteiger partial charge in [0.1, 0.15) is 11.3 Å². The smallest absolute Gasteiger partial charge is 0.287 e. The first-order valence-electron chi connectivity index (χ1n) is 7.75. The fourth-order valence-electron chi connectivity index (χ4n) is 2.37. The van der Waals surface area contributed by atoms with Crippen LogP contribution in [0.25, 0.3) is 22.4 Å².